The lowest BCUT2D eigenvalue weighted by Gasteiger charge is -2.10. The maximum absolute atomic E-state index is 8.96. The van der Waals surface area contributed by atoms with Gasteiger partial charge in [0.25, 0.3) is 0 Å². The lowest BCUT2D eigenvalue weighted by atomic mass is 10.00. The van der Waals surface area contributed by atoms with Crippen LogP contribution < -0.4 is 10.5 Å². The summed E-state index contributed by atoms with van der Waals surface area (Å²) in [5, 5.41) is 8.96. The summed E-state index contributed by atoms with van der Waals surface area (Å²) in [5.41, 5.74) is 10.1. The molecule has 3 heteroatoms. The van der Waals surface area contributed by atoms with Crippen molar-refractivity contribution in [3.05, 3.63) is 47.5 Å². The minimum absolute atomic E-state index is 0.602. The van der Waals surface area contributed by atoms with Crippen molar-refractivity contribution in [2.45, 2.75) is 6.92 Å². The standard InChI is InChI=1S/C15H14N2O/c1-10-3-5-12(8-14(10)17)13-7-11(9-16)4-6-15(13)18-2/h3-8H,17H2,1-2H3. The molecule has 0 aromatic heterocycles. The fourth-order valence-electron chi connectivity index (χ4n) is 1.81. The Morgan fingerprint density at radius 3 is 2.56 bits per heavy atom. The van der Waals surface area contributed by atoms with Crippen LogP contribution in [0.5, 0.6) is 5.75 Å². The van der Waals surface area contributed by atoms with Gasteiger partial charge in [0.05, 0.1) is 18.7 Å². The number of hydrogen-bond acceptors (Lipinski definition) is 3. The van der Waals surface area contributed by atoms with Crippen molar-refractivity contribution in [2.24, 2.45) is 0 Å². The van der Waals surface area contributed by atoms with Gasteiger partial charge in [0.15, 0.2) is 0 Å². The van der Waals surface area contributed by atoms with Crippen LogP contribution in [0.3, 0.4) is 0 Å². The highest BCUT2D eigenvalue weighted by Crippen LogP contribution is 2.32. The first-order chi connectivity index (χ1) is 8.65. The third kappa shape index (κ3) is 2.14. The summed E-state index contributed by atoms with van der Waals surface area (Å²) < 4.78 is 5.32. The van der Waals surface area contributed by atoms with Gasteiger partial charge in [-0.25, -0.2) is 0 Å². The highest BCUT2D eigenvalue weighted by molar-refractivity contribution is 5.75. The van der Waals surface area contributed by atoms with E-state index in [9.17, 15) is 0 Å². The topological polar surface area (TPSA) is 59.0 Å². The molecule has 2 aromatic carbocycles. The van der Waals surface area contributed by atoms with Crippen LogP contribution in [-0.2, 0) is 0 Å². The normalized spacial score (nSPS) is 9.83. The monoisotopic (exact) mass is 238 g/mol. The third-order valence-electron chi connectivity index (χ3n) is 2.92. The third-order valence-corrected chi connectivity index (χ3v) is 2.92. The number of hydrogen-bond donors (Lipinski definition) is 1. The molecule has 0 spiro atoms. The van der Waals surface area contributed by atoms with E-state index >= 15 is 0 Å². The van der Waals surface area contributed by atoms with E-state index in [0.29, 0.717) is 5.56 Å². The van der Waals surface area contributed by atoms with Gasteiger partial charge < -0.3 is 10.5 Å². The number of nitriles is 1. The highest BCUT2D eigenvalue weighted by atomic mass is 16.5. The molecule has 90 valence electrons. The number of methoxy groups -OCH3 is 1. The Bertz CT molecular complexity index is 627. The average Bonchev–Trinajstić information content (AvgIpc) is 2.41. The first-order valence-electron chi connectivity index (χ1n) is 5.60. The van der Waals surface area contributed by atoms with Crippen LogP contribution in [0.25, 0.3) is 11.1 Å². The molecular weight excluding hydrogens is 224 g/mol. The van der Waals surface area contributed by atoms with Crippen LogP contribution in [0.1, 0.15) is 11.1 Å². The molecule has 2 N–H and O–H groups in total. The molecule has 0 aliphatic rings. The zero-order chi connectivity index (χ0) is 13.1. The van der Waals surface area contributed by atoms with Crippen molar-refractivity contribution in [2.75, 3.05) is 12.8 Å². The first-order valence-corrected chi connectivity index (χ1v) is 5.60. The summed E-state index contributed by atoms with van der Waals surface area (Å²) in [4.78, 5) is 0. The summed E-state index contributed by atoms with van der Waals surface area (Å²) >= 11 is 0. The largest absolute Gasteiger partial charge is 0.496 e. The fourth-order valence-corrected chi connectivity index (χ4v) is 1.81. The lowest BCUT2D eigenvalue weighted by molar-refractivity contribution is 0.416. The number of nitrogens with zero attached hydrogens (tertiary/aromatic N) is 1. The minimum atomic E-state index is 0.602. The van der Waals surface area contributed by atoms with Crippen LogP contribution >= 0.6 is 0 Å². The molecule has 2 aromatic rings. The molecule has 18 heavy (non-hydrogen) atoms. The van der Waals surface area contributed by atoms with Gasteiger partial charge >= 0.3 is 0 Å². The van der Waals surface area contributed by atoms with E-state index in [1.807, 2.05) is 31.2 Å². The molecule has 0 unspecified atom stereocenters. The number of ether oxygens (including phenoxy) is 1. The molecule has 3 nitrogen and oxygen atoms in total. The fraction of sp³-hybridized carbons (Fsp3) is 0.133. The Kier molecular flexibility index (Phi) is 3.20. The SMILES string of the molecule is COc1ccc(C#N)cc1-c1ccc(C)c(N)c1. The Morgan fingerprint density at radius 1 is 1.17 bits per heavy atom. The van der Waals surface area contributed by atoms with E-state index in [-0.39, 0.29) is 0 Å². The second-order valence-electron chi connectivity index (χ2n) is 4.10. The van der Waals surface area contributed by atoms with E-state index < -0.39 is 0 Å². The number of nitrogens with two attached hydrogens (primary N) is 1. The molecular formula is C15H14N2O. The summed E-state index contributed by atoms with van der Waals surface area (Å²) in [7, 11) is 1.61. The molecule has 0 atom stereocenters. The molecule has 0 radical (unpaired) electrons. The highest BCUT2D eigenvalue weighted by Gasteiger charge is 2.08. The van der Waals surface area contributed by atoms with Crippen molar-refractivity contribution in [1.82, 2.24) is 0 Å². The van der Waals surface area contributed by atoms with Gasteiger partial charge in [-0.3, -0.25) is 0 Å². The average molecular weight is 238 g/mol. The second-order valence-corrected chi connectivity index (χ2v) is 4.10. The van der Waals surface area contributed by atoms with Gasteiger partial charge in [0.2, 0.25) is 0 Å². The predicted octanol–water partition coefficient (Wildman–Crippen LogP) is 3.12. The van der Waals surface area contributed by atoms with Crippen LogP contribution in [-0.4, -0.2) is 7.11 Å². The first kappa shape index (κ1) is 12.0. The van der Waals surface area contributed by atoms with Crippen LogP contribution in [0.15, 0.2) is 36.4 Å². The van der Waals surface area contributed by atoms with Crippen LogP contribution in [0.4, 0.5) is 5.69 Å². The number of anilines is 1. The molecule has 0 heterocycles. The molecule has 0 aliphatic carbocycles. The van der Waals surface area contributed by atoms with E-state index in [1.54, 1.807) is 19.2 Å². The Hall–Kier alpha value is -2.47. The lowest BCUT2D eigenvalue weighted by Crippen LogP contribution is -1.93. The predicted molar refractivity (Wildman–Crippen MR) is 72.3 cm³/mol. The van der Waals surface area contributed by atoms with E-state index in [0.717, 1.165) is 28.1 Å². The van der Waals surface area contributed by atoms with Crippen molar-refractivity contribution in [1.29, 1.82) is 5.26 Å². The second kappa shape index (κ2) is 4.80. The summed E-state index contributed by atoms with van der Waals surface area (Å²) in [6.45, 7) is 1.96. The maximum Gasteiger partial charge on any atom is 0.126 e. The van der Waals surface area contributed by atoms with E-state index in [1.165, 1.54) is 0 Å². The maximum atomic E-state index is 8.96. The molecule has 0 saturated heterocycles. The van der Waals surface area contributed by atoms with Crippen LogP contribution in [0.2, 0.25) is 0 Å². The number of benzene rings is 2. The summed E-state index contributed by atoms with van der Waals surface area (Å²) in [6.07, 6.45) is 0. The van der Waals surface area contributed by atoms with Crippen molar-refractivity contribution < 1.29 is 4.74 Å². The Morgan fingerprint density at radius 2 is 1.94 bits per heavy atom. The van der Waals surface area contributed by atoms with E-state index in [2.05, 4.69) is 6.07 Å². The Balaban J connectivity index is 2.61. The molecule has 2 rings (SSSR count). The molecule has 0 bridgehead atoms. The molecule has 0 aliphatic heterocycles. The van der Waals surface area contributed by atoms with Crippen molar-refractivity contribution in [3.8, 4) is 22.9 Å². The number of aryl methyl sites for hydroxylation is 1. The zero-order valence-corrected chi connectivity index (χ0v) is 10.4. The van der Waals surface area contributed by atoms with Gasteiger partial charge in [0.1, 0.15) is 5.75 Å². The van der Waals surface area contributed by atoms with Gasteiger partial charge in [-0.2, -0.15) is 5.26 Å². The smallest absolute Gasteiger partial charge is 0.126 e. The molecule has 0 fully saturated rings. The van der Waals surface area contributed by atoms with Crippen molar-refractivity contribution >= 4 is 5.69 Å². The Labute approximate surface area is 106 Å². The molecule has 0 saturated carbocycles. The molecule has 0 amide bonds. The van der Waals surface area contributed by atoms with Gasteiger partial charge in [-0.05, 0) is 42.3 Å². The van der Waals surface area contributed by atoms with Gasteiger partial charge in [0, 0.05) is 11.3 Å². The zero-order valence-electron chi connectivity index (χ0n) is 10.4. The summed E-state index contributed by atoms with van der Waals surface area (Å²) in [6, 6.07) is 13.3. The van der Waals surface area contributed by atoms with Crippen molar-refractivity contribution in [3.63, 3.8) is 0 Å². The van der Waals surface area contributed by atoms with Crippen LogP contribution in [0, 0.1) is 18.3 Å². The number of rotatable bonds is 2. The number of nitrogen functional groups attached to an aromatic ring is 1. The quantitative estimate of drug-likeness (QED) is 0.818. The summed E-state index contributed by atoms with van der Waals surface area (Å²) in [5.74, 6) is 0.734. The van der Waals surface area contributed by atoms with Gasteiger partial charge in [-0.15, -0.1) is 0 Å². The minimum Gasteiger partial charge on any atom is -0.496 e. The van der Waals surface area contributed by atoms with Gasteiger partial charge in [-0.1, -0.05) is 12.1 Å². The van der Waals surface area contributed by atoms with E-state index in [4.69, 9.17) is 15.7 Å².